The molecule has 0 saturated carbocycles. The predicted molar refractivity (Wildman–Crippen MR) is 74.4 cm³/mol. The van der Waals surface area contributed by atoms with Crippen LogP contribution < -0.4 is 10.1 Å². The van der Waals surface area contributed by atoms with Gasteiger partial charge in [0.15, 0.2) is 0 Å². The van der Waals surface area contributed by atoms with Crippen LogP contribution in [0.1, 0.15) is 28.4 Å². The highest BCUT2D eigenvalue weighted by molar-refractivity contribution is 5.39. The lowest BCUT2D eigenvalue weighted by Gasteiger charge is -2.18. The molecule has 20 heavy (non-hydrogen) atoms. The van der Waals surface area contributed by atoms with Gasteiger partial charge >= 0.3 is 0 Å². The fourth-order valence-electron chi connectivity index (χ4n) is 2.52. The monoisotopic (exact) mass is 271 g/mol. The van der Waals surface area contributed by atoms with Crippen molar-refractivity contribution in [3.63, 3.8) is 0 Å². The number of nitrogens with one attached hydrogen (secondary N) is 1. The van der Waals surface area contributed by atoms with Crippen LogP contribution in [-0.2, 0) is 18.0 Å². The highest BCUT2D eigenvalue weighted by Gasteiger charge is 2.21. The fourth-order valence-corrected chi connectivity index (χ4v) is 2.52. The van der Waals surface area contributed by atoms with Crippen molar-refractivity contribution in [3.8, 4) is 5.88 Å². The lowest BCUT2D eigenvalue weighted by Crippen LogP contribution is -2.20. The van der Waals surface area contributed by atoms with Gasteiger partial charge in [-0.3, -0.25) is 4.98 Å². The van der Waals surface area contributed by atoms with E-state index in [4.69, 9.17) is 9.47 Å². The van der Waals surface area contributed by atoms with Gasteiger partial charge in [0.05, 0.1) is 26.4 Å². The Morgan fingerprint density at radius 2 is 2.00 bits per heavy atom. The standard InChI is InChI=1S/C15H17N3O2/c1-16-13(14-15(19-2)18-6-5-17-14)10-3-4-11-8-20-9-12(11)7-10/h3-7,13,16H,8-9H2,1-2H3. The Labute approximate surface area is 118 Å². The van der Waals surface area contributed by atoms with Gasteiger partial charge in [-0.25, -0.2) is 4.98 Å². The van der Waals surface area contributed by atoms with Crippen LogP contribution in [0.2, 0.25) is 0 Å². The number of aromatic nitrogens is 2. The molecule has 1 unspecified atom stereocenters. The molecule has 0 radical (unpaired) electrons. The third-order valence-corrected chi connectivity index (χ3v) is 3.53. The number of hydrogen-bond donors (Lipinski definition) is 1. The van der Waals surface area contributed by atoms with Gasteiger partial charge < -0.3 is 14.8 Å². The van der Waals surface area contributed by atoms with Crippen LogP contribution >= 0.6 is 0 Å². The van der Waals surface area contributed by atoms with Crippen LogP contribution in [-0.4, -0.2) is 24.1 Å². The Morgan fingerprint density at radius 3 is 2.80 bits per heavy atom. The van der Waals surface area contributed by atoms with Gasteiger partial charge in [-0.2, -0.15) is 0 Å². The zero-order valence-corrected chi connectivity index (χ0v) is 11.6. The van der Waals surface area contributed by atoms with E-state index in [0.29, 0.717) is 19.1 Å². The third-order valence-electron chi connectivity index (χ3n) is 3.53. The van der Waals surface area contributed by atoms with Crippen molar-refractivity contribution in [2.75, 3.05) is 14.2 Å². The summed E-state index contributed by atoms with van der Waals surface area (Å²) in [5.41, 5.74) is 4.42. The van der Waals surface area contributed by atoms with Gasteiger partial charge in [0.2, 0.25) is 5.88 Å². The van der Waals surface area contributed by atoms with Crippen molar-refractivity contribution in [3.05, 3.63) is 53.0 Å². The summed E-state index contributed by atoms with van der Waals surface area (Å²) in [7, 11) is 3.51. The van der Waals surface area contributed by atoms with Gasteiger partial charge in [0.25, 0.3) is 0 Å². The van der Waals surface area contributed by atoms with E-state index in [1.165, 1.54) is 11.1 Å². The van der Waals surface area contributed by atoms with E-state index in [1.807, 2.05) is 7.05 Å². The lowest BCUT2D eigenvalue weighted by molar-refractivity contribution is 0.134. The molecular formula is C15H17N3O2. The van der Waals surface area contributed by atoms with Crippen molar-refractivity contribution in [1.82, 2.24) is 15.3 Å². The Balaban J connectivity index is 2.01. The van der Waals surface area contributed by atoms with E-state index in [1.54, 1.807) is 19.5 Å². The Hall–Kier alpha value is -1.98. The molecule has 2 heterocycles. The quantitative estimate of drug-likeness (QED) is 0.919. The van der Waals surface area contributed by atoms with Crippen LogP contribution in [0.4, 0.5) is 0 Å². The molecule has 1 aliphatic rings. The summed E-state index contributed by atoms with van der Waals surface area (Å²) in [5, 5.41) is 3.28. The average molecular weight is 271 g/mol. The third kappa shape index (κ3) is 2.26. The summed E-state index contributed by atoms with van der Waals surface area (Å²) in [4.78, 5) is 8.62. The van der Waals surface area contributed by atoms with Gasteiger partial charge in [-0.1, -0.05) is 18.2 Å². The maximum absolute atomic E-state index is 5.46. The molecule has 2 aromatic rings. The van der Waals surface area contributed by atoms with Gasteiger partial charge in [0.1, 0.15) is 5.69 Å². The summed E-state index contributed by atoms with van der Waals surface area (Å²) in [6.07, 6.45) is 3.31. The number of ether oxygens (including phenoxy) is 2. The summed E-state index contributed by atoms with van der Waals surface area (Å²) in [5.74, 6) is 0.545. The molecule has 0 amide bonds. The second-order valence-electron chi connectivity index (χ2n) is 4.69. The van der Waals surface area contributed by atoms with Crippen LogP contribution in [0.5, 0.6) is 5.88 Å². The normalized spacial score (nSPS) is 14.9. The molecule has 0 bridgehead atoms. The molecule has 1 N–H and O–H groups in total. The van der Waals surface area contributed by atoms with Crippen LogP contribution in [0, 0.1) is 0 Å². The SMILES string of the molecule is CNC(c1ccc2c(c1)COC2)c1nccnc1OC. The summed E-state index contributed by atoms with van der Waals surface area (Å²) < 4.78 is 10.8. The summed E-state index contributed by atoms with van der Waals surface area (Å²) >= 11 is 0. The van der Waals surface area contributed by atoms with E-state index in [9.17, 15) is 0 Å². The minimum Gasteiger partial charge on any atom is -0.480 e. The maximum Gasteiger partial charge on any atom is 0.237 e. The first-order valence-corrected chi connectivity index (χ1v) is 6.55. The highest BCUT2D eigenvalue weighted by atomic mass is 16.5. The van der Waals surface area contributed by atoms with Crippen molar-refractivity contribution in [2.24, 2.45) is 0 Å². The zero-order valence-electron chi connectivity index (χ0n) is 11.6. The van der Waals surface area contributed by atoms with Gasteiger partial charge in [0, 0.05) is 12.4 Å². The van der Waals surface area contributed by atoms with E-state index in [-0.39, 0.29) is 6.04 Å². The second-order valence-corrected chi connectivity index (χ2v) is 4.69. The average Bonchev–Trinajstić information content (AvgIpc) is 2.96. The molecule has 0 spiro atoms. The predicted octanol–water partition coefficient (Wildman–Crippen LogP) is 1.82. The molecule has 1 aromatic carbocycles. The van der Waals surface area contributed by atoms with Gasteiger partial charge in [-0.15, -0.1) is 0 Å². The minimum atomic E-state index is -0.0513. The van der Waals surface area contributed by atoms with Crippen LogP contribution in [0.25, 0.3) is 0 Å². The number of rotatable bonds is 4. The van der Waals surface area contributed by atoms with Crippen LogP contribution in [0.15, 0.2) is 30.6 Å². The topological polar surface area (TPSA) is 56.3 Å². The zero-order chi connectivity index (χ0) is 13.9. The number of benzene rings is 1. The maximum atomic E-state index is 5.46. The summed E-state index contributed by atoms with van der Waals surface area (Å²) in [6, 6.07) is 6.33. The Bertz CT molecular complexity index is 616. The minimum absolute atomic E-state index is 0.0513. The molecule has 5 nitrogen and oxygen atoms in total. The van der Waals surface area contributed by atoms with E-state index in [2.05, 4.69) is 33.5 Å². The molecule has 1 aromatic heterocycles. The molecule has 0 saturated heterocycles. The van der Waals surface area contributed by atoms with E-state index >= 15 is 0 Å². The van der Waals surface area contributed by atoms with Gasteiger partial charge in [-0.05, 0) is 23.7 Å². The molecule has 3 rings (SSSR count). The van der Waals surface area contributed by atoms with Crippen molar-refractivity contribution < 1.29 is 9.47 Å². The molecule has 0 fully saturated rings. The van der Waals surface area contributed by atoms with Crippen molar-refractivity contribution in [1.29, 1.82) is 0 Å². The van der Waals surface area contributed by atoms with Crippen molar-refractivity contribution >= 4 is 0 Å². The molecule has 1 aliphatic heterocycles. The number of hydrogen-bond acceptors (Lipinski definition) is 5. The molecular weight excluding hydrogens is 254 g/mol. The first-order chi connectivity index (χ1) is 9.83. The molecule has 1 atom stereocenters. The molecule has 0 aliphatic carbocycles. The van der Waals surface area contributed by atoms with Crippen molar-refractivity contribution in [2.45, 2.75) is 19.3 Å². The van der Waals surface area contributed by atoms with Crippen LogP contribution in [0.3, 0.4) is 0 Å². The largest absolute Gasteiger partial charge is 0.480 e. The Kier molecular flexibility index (Phi) is 3.62. The number of fused-ring (bicyclic) bond motifs is 1. The van der Waals surface area contributed by atoms with E-state index in [0.717, 1.165) is 11.3 Å². The lowest BCUT2D eigenvalue weighted by atomic mass is 9.99. The molecule has 5 heteroatoms. The second kappa shape index (κ2) is 5.56. The molecule has 104 valence electrons. The number of nitrogens with zero attached hydrogens (tertiary/aromatic N) is 2. The summed E-state index contributed by atoms with van der Waals surface area (Å²) in [6.45, 7) is 1.38. The Morgan fingerprint density at radius 1 is 1.20 bits per heavy atom. The smallest absolute Gasteiger partial charge is 0.237 e. The number of methoxy groups -OCH3 is 1. The van der Waals surface area contributed by atoms with E-state index < -0.39 is 0 Å². The fraction of sp³-hybridized carbons (Fsp3) is 0.333. The first kappa shape index (κ1) is 13.0. The highest BCUT2D eigenvalue weighted by Crippen LogP contribution is 2.29. The first-order valence-electron chi connectivity index (χ1n) is 6.55.